The number of hydrogen-bond donors (Lipinski definition) is 1. The quantitative estimate of drug-likeness (QED) is 0.163. The van der Waals surface area contributed by atoms with Crippen LogP contribution in [0.25, 0.3) is 0 Å². The van der Waals surface area contributed by atoms with Crippen molar-refractivity contribution >= 4 is 41.9 Å². The zero-order valence-electron chi connectivity index (χ0n) is 20.0. The summed E-state index contributed by atoms with van der Waals surface area (Å²) in [5, 5.41) is 3.85. The highest BCUT2D eigenvalue weighted by atomic mass is 35.5. The van der Waals surface area contributed by atoms with Gasteiger partial charge in [0.2, 0.25) is 0 Å². The van der Waals surface area contributed by atoms with E-state index in [1.165, 1.54) is 12.1 Å². The highest BCUT2D eigenvalue weighted by Gasteiger charge is 2.44. The van der Waals surface area contributed by atoms with Gasteiger partial charge in [-0.25, -0.2) is 9.38 Å². The summed E-state index contributed by atoms with van der Waals surface area (Å²) in [7, 11) is 3.90. The zero-order chi connectivity index (χ0) is 25.5. The number of aldehydes is 2. The van der Waals surface area contributed by atoms with Gasteiger partial charge in [-0.05, 0) is 56.2 Å². The predicted octanol–water partition coefficient (Wildman–Crippen LogP) is 5.11. The van der Waals surface area contributed by atoms with Crippen LogP contribution in [0.15, 0.2) is 65.2 Å². The first-order valence-electron chi connectivity index (χ1n) is 10.9. The highest BCUT2D eigenvalue weighted by Crippen LogP contribution is 2.37. The van der Waals surface area contributed by atoms with Crippen LogP contribution in [0, 0.1) is 5.82 Å². The number of carbonyl (C=O) groups is 2. The smallest absolute Gasteiger partial charge is 0.152 e. The highest BCUT2D eigenvalue weighted by molar-refractivity contribution is 6.31. The van der Waals surface area contributed by atoms with Crippen LogP contribution in [0.3, 0.4) is 0 Å². The first-order valence-corrected chi connectivity index (χ1v) is 11.3. The number of rotatable bonds is 10. The molecule has 1 aliphatic carbocycles. The number of likely N-dealkylation sites (tertiary alicyclic amines) is 1. The van der Waals surface area contributed by atoms with E-state index in [4.69, 9.17) is 16.4 Å². The van der Waals surface area contributed by atoms with Crippen molar-refractivity contribution in [3.63, 3.8) is 0 Å². The third-order valence-corrected chi connectivity index (χ3v) is 6.09. The number of aliphatic imine (C=N–C) groups is 1. The number of likely N-dealkylation sites (N-methyl/N-ethyl adjacent to an activating group) is 1. The third-order valence-electron chi connectivity index (χ3n) is 5.80. The SMILES string of the molecule is C=C/C(=C(/C)C(=C)Cl)C1(Nc2cc(F)c(N=CN(C)C3CC3)c(C=O)c2)CN(C)C1.C=CC=O. The van der Waals surface area contributed by atoms with Crippen molar-refractivity contribution in [2.75, 3.05) is 32.5 Å². The first-order chi connectivity index (χ1) is 16.1. The molecule has 1 aromatic carbocycles. The summed E-state index contributed by atoms with van der Waals surface area (Å²) in [6.07, 6.45) is 8.03. The van der Waals surface area contributed by atoms with Crippen LogP contribution in [0.2, 0.25) is 0 Å². The number of nitrogens with zero attached hydrogens (tertiary/aromatic N) is 3. The molecule has 1 N–H and O–H groups in total. The molecule has 0 unspecified atom stereocenters. The maximum atomic E-state index is 14.9. The molecule has 0 atom stereocenters. The topological polar surface area (TPSA) is 65.0 Å². The monoisotopic (exact) mass is 486 g/mol. The number of halogens is 2. The van der Waals surface area contributed by atoms with Crippen LogP contribution in [0.4, 0.5) is 15.8 Å². The van der Waals surface area contributed by atoms with E-state index in [1.807, 2.05) is 25.9 Å². The van der Waals surface area contributed by atoms with Gasteiger partial charge in [0.25, 0.3) is 0 Å². The molecular formula is C26H32ClFN4O2. The Morgan fingerprint density at radius 3 is 2.38 bits per heavy atom. The third kappa shape index (κ3) is 6.52. The summed E-state index contributed by atoms with van der Waals surface area (Å²) >= 11 is 6.14. The van der Waals surface area contributed by atoms with Gasteiger partial charge in [-0.3, -0.25) is 9.59 Å². The molecule has 0 aromatic heterocycles. The van der Waals surface area contributed by atoms with E-state index >= 15 is 0 Å². The van der Waals surface area contributed by atoms with Crippen molar-refractivity contribution in [1.82, 2.24) is 9.80 Å². The average Bonchev–Trinajstić information content (AvgIpc) is 3.63. The Labute approximate surface area is 206 Å². The fourth-order valence-electron chi connectivity index (χ4n) is 3.97. The van der Waals surface area contributed by atoms with Crippen LogP contribution < -0.4 is 5.32 Å². The molecule has 1 saturated heterocycles. The Morgan fingerprint density at radius 2 is 1.94 bits per heavy atom. The fraction of sp³-hybridized carbons (Fsp3) is 0.346. The molecule has 0 radical (unpaired) electrons. The van der Waals surface area contributed by atoms with Crippen LogP contribution >= 0.6 is 11.6 Å². The zero-order valence-corrected chi connectivity index (χ0v) is 20.7. The van der Waals surface area contributed by atoms with Gasteiger partial charge in [0.15, 0.2) is 12.1 Å². The fourth-order valence-corrected chi connectivity index (χ4v) is 4.07. The summed E-state index contributed by atoms with van der Waals surface area (Å²) in [5.41, 5.74) is 1.98. The summed E-state index contributed by atoms with van der Waals surface area (Å²) in [4.78, 5) is 29.0. The Balaban J connectivity index is 0.000000945. The molecule has 0 amide bonds. The Morgan fingerprint density at radius 1 is 1.32 bits per heavy atom. The molecule has 3 rings (SSSR count). The molecule has 1 aliphatic heterocycles. The lowest BCUT2D eigenvalue weighted by atomic mass is 9.79. The summed E-state index contributed by atoms with van der Waals surface area (Å²) in [6.45, 7) is 14.1. The Hall–Kier alpha value is -3.03. The van der Waals surface area contributed by atoms with E-state index in [2.05, 4.69) is 34.9 Å². The number of anilines is 1. The summed E-state index contributed by atoms with van der Waals surface area (Å²) < 4.78 is 14.9. The van der Waals surface area contributed by atoms with Crippen molar-refractivity contribution in [1.29, 1.82) is 0 Å². The molecule has 6 nitrogen and oxygen atoms in total. The molecule has 1 aromatic rings. The van der Waals surface area contributed by atoms with E-state index < -0.39 is 11.4 Å². The van der Waals surface area contributed by atoms with Crippen molar-refractivity contribution in [3.8, 4) is 0 Å². The molecule has 2 aliphatic rings. The molecule has 1 saturated carbocycles. The molecule has 0 spiro atoms. The standard InChI is InChI=1S/C23H28ClFN4O.C3H4O/c1-6-20(15(2)16(3)24)23(12-28(4)13-23)27-18-9-17(11-30)22(21(25)10-18)26-14-29(5)19-7-8-19;1-2-3-4/h6,9-11,14,19,27H,1,3,7-8,12-13H2,2,4-5H3;2-3H,1H2/b20-15+,26-14?;. The second kappa shape index (κ2) is 11.9. The van der Waals surface area contributed by atoms with E-state index in [0.717, 1.165) is 24.0 Å². The van der Waals surface area contributed by atoms with Crippen LogP contribution in [0.1, 0.15) is 30.1 Å². The molecule has 0 bridgehead atoms. The lowest BCUT2D eigenvalue weighted by Crippen LogP contribution is -2.65. The van der Waals surface area contributed by atoms with E-state index in [1.54, 1.807) is 18.5 Å². The number of benzene rings is 1. The van der Waals surface area contributed by atoms with E-state index in [9.17, 15) is 9.18 Å². The van der Waals surface area contributed by atoms with Gasteiger partial charge in [-0.15, -0.1) is 0 Å². The second-order valence-electron chi connectivity index (χ2n) is 8.55. The Bertz CT molecular complexity index is 1020. The van der Waals surface area contributed by atoms with Crippen molar-refractivity contribution in [2.45, 2.75) is 31.3 Å². The van der Waals surface area contributed by atoms with Gasteiger partial charge < -0.3 is 15.1 Å². The van der Waals surface area contributed by atoms with Gasteiger partial charge in [0.1, 0.15) is 12.0 Å². The second-order valence-corrected chi connectivity index (χ2v) is 9.01. The normalized spacial score (nSPS) is 17.4. The molecule has 1 heterocycles. The van der Waals surface area contributed by atoms with Gasteiger partial charge in [-0.2, -0.15) is 0 Å². The van der Waals surface area contributed by atoms with Crippen LogP contribution in [0.5, 0.6) is 0 Å². The maximum absolute atomic E-state index is 14.9. The minimum atomic E-state index is -0.548. The van der Waals surface area contributed by atoms with Crippen LogP contribution in [-0.4, -0.2) is 67.5 Å². The first kappa shape index (κ1) is 27.2. The molecule has 2 fully saturated rings. The number of hydrogen-bond acceptors (Lipinski definition) is 5. The average molecular weight is 487 g/mol. The summed E-state index contributed by atoms with van der Waals surface area (Å²) in [5.74, 6) is -0.548. The minimum absolute atomic E-state index is 0.0487. The number of allylic oxidation sites excluding steroid dienone is 3. The minimum Gasteiger partial charge on any atom is -0.373 e. The molecule has 34 heavy (non-hydrogen) atoms. The predicted molar refractivity (Wildman–Crippen MR) is 139 cm³/mol. The van der Waals surface area contributed by atoms with Crippen molar-refractivity contribution in [2.24, 2.45) is 4.99 Å². The van der Waals surface area contributed by atoms with Gasteiger partial charge in [-0.1, -0.05) is 37.4 Å². The lowest BCUT2D eigenvalue weighted by Gasteiger charge is -2.51. The lowest BCUT2D eigenvalue weighted by molar-refractivity contribution is -0.104. The van der Waals surface area contributed by atoms with Gasteiger partial charge >= 0.3 is 0 Å². The van der Waals surface area contributed by atoms with E-state index in [-0.39, 0.29) is 11.3 Å². The largest absolute Gasteiger partial charge is 0.373 e. The maximum Gasteiger partial charge on any atom is 0.152 e. The van der Waals surface area contributed by atoms with Gasteiger partial charge in [0.05, 0.1) is 11.9 Å². The van der Waals surface area contributed by atoms with Crippen LogP contribution in [-0.2, 0) is 4.79 Å². The number of nitrogens with one attached hydrogen (secondary N) is 1. The molecule has 8 heteroatoms. The number of carbonyl (C=O) groups excluding carboxylic acids is 2. The van der Waals surface area contributed by atoms with Crippen molar-refractivity contribution < 1.29 is 14.0 Å². The molecular weight excluding hydrogens is 455 g/mol. The van der Waals surface area contributed by atoms with Crippen molar-refractivity contribution in [3.05, 3.63) is 71.6 Å². The molecule has 182 valence electrons. The summed E-state index contributed by atoms with van der Waals surface area (Å²) in [6, 6.07) is 3.46. The Kier molecular flexibility index (Phi) is 9.53. The van der Waals surface area contributed by atoms with Gasteiger partial charge in [0, 0.05) is 42.5 Å². The van der Waals surface area contributed by atoms with E-state index in [0.29, 0.717) is 42.4 Å².